The summed E-state index contributed by atoms with van der Waals surface area (Å²) in [6.45, 7) is 3.53. The zero-order chi connectivity index (χ0) is 20.7. The van der Waals surface area contributed by atoms with E-state index in [0.29, 0.717) is 16.4 Å². The van der Waals surface area contributed by atoms with Gasteiger partial charge in [0, 0.05) is 35.9 Å². The lowest BCUT2D eigenvalue weighted by molar-refractivity contribution is -0.129. The van der Waals surface area contributed by atoms with Crippen molar-refractivity contribution in [2.75, 3.05) is 16.4 Å². The first-order chi connectivity index (χ1) is 13.2. The second-order valence-electron chi connectivity index (χ2n) is 5.99. The molecule has 2 heterocycles. The Morgan fingerprint density at radius 3 is 2.79 bits per heavy atom. The smallest absolute Gasteiger partial charge is 0.288 e. The number of hydrogen-bond donors (Lipinski definition) is 0. The molecule has 2 aromatic heterocycles. The predicted molar refractivity (Wildman–Crippen MR) is 108 cm³/mol. The molecule has 2 rings (SSSR count). The van der Waals surface area contributed by atoms with Crippen molar-refractivity contribution in [3.63, 3.8) is 0 Å². The average molecular weight is 428 g/mol. The lowest BCUT2D eigenvalue weighted by Crippen LogP contribution is -2.38. The second-order valence-corrected chi connectivity index (χ2v) is 8.19. The quantitative estimate of drug-likeness (QED) is 0.442. The topological polar surface area (TPSA) is 46.1 Å². The van der Waals surface area contributed by atoms with Gasteiger partial charge in [0.2, 0.25) is 5.91 Å². The first-order valence-electron chi connectivity index (χ1n) is 8.53. The molecule has 0 aliphatic heterocycles. The van der Waals surface area contributed by atoms with Crippen molar-refractivity contribution < 1.29 is 18.0 Å². The van der Waals surface area contributed by atoms with Crippen LogP contribution in [0.15, 0.2) is 24.5 Å². The number of pyridine rings is 1. The summed E-state index contributed by atoms with van der Waals surface area (Å²) in [5.41, 5.74) is 1.51. The highest BCUT2D eigenvalue weighted by Crippen LogP contribution is 2.35. The molecule has 0 aromatic carbocycles. The monoisotopic (exact) mass is 427 g/mol. The lowest BCUT2D eigenvalue weighted by Gasteiger charge is -2.25. The van der Waals surface area contributed by atoms with Crippen LogP contribution >= 0.6 is 23.1 Å². The van der Waals surface area contributed by atoms with E-state index in [2.05, 4.69) is 15.9 Å². The number of anilines is 1. The van der Waals surface area contributed by atoms with Crippen LogP contribution in [0.2, 0.25) is 0 Å². The molecule has 0 bridgehead atoms. The number of halogens is 3. The van der Waals surface area contributed by atoms with E-state index in [1.165, 1.54) is 16.2 Å². The fourth-order valence-corrected chi connectivity index (χ4v) is 4.43. The minimum absolute atomic E-state index is 0.0633. The van der Waals surface area contributed by atoms with Crippen molar-refractivity contribution in [3.8, 4) is 22.9 Å². The van der Waals surface area contributed by atoms with Crippen molar-refractivity contribution in [2.24, 2.45) is 0 Å². The van der Waals surface area contributed by atoms with Crippen molar-refractivity contribution in [2.45, 2.75) is 38.9 Å². The van der Waals surface area contributed by atoms with E-state index < -0.39 is 18.6 Å². The molecule has 2 aromatic rings. The van der Waals surface area contributed by atoms with Crippen LogP contribution in [0.5, 0.6) is 0 Å². The Bertz CT molecular complexity index is 831. The number of thiazole rings is 1. The Morgan fingerprint density at radius 2 is 2.18 bits per heavy atom. The SMILES string of the molecule is C#CC(C)N(C(=O)CCSCCC(F)(F)F)c1sc(-c2cccnc2)nc1C. The van der Waals surface area contributed by atoms with E-state index in [1.54, 1.807) is 32.3 Å². The van der Waals surface area contributed by atoms with Gasteiger partial charge in [0.15, 0.2) is 0 Å². The third-order valence-electron chi connectivity index (χ3n) is 3.79. The molecular formula is C19H20F3N3OS2. The number of aromatic nitrogens is 2. The molecule has 0 radical (unpaired) electrons. The standard InChI is InChI=1S/C19H20F3N3OS2/c1-4-13(2)25(16(26)7-10-27-11-8-19(20,21)22)18-14(3)24-17(28-18)15-6-5-9-23-12-15/h1,5-6,9,12-13H,7-8,10-11H2,2-3H3. The fraction of sp³-hybridized carbons (Fsp3) is 0.421. The summed E-state index contributed by atoms with van der Waals surface area (Å²) in [7, 11) is 0. The fourth-order valence-electron chi connectivity index (χ4n) is 2.37. The highest BCUT2D eigenvalue weighted by molar-refractivity contribution is 7.99. The third kappa shape index (κ3) is 6.24. The van der Waals surface area contributed by atoms with Crippen molar-refractivity contribution in [1.29, 1.82) is 0 Å². The van der Waals surface area contributed by atoms with Gasteiger partial charge in [0.25, 0.3) is 0 Å². The zero-order valence-electron chi connectivity index (χ0n) is 15.5. The number of rotatable bonds is 8. The number of hydrogen-bond acceptors (Lipinski definition) is 5. The first kappa shape index (κ1) is 22.2. The van der Waals surface area contributed by atoms with Gasteiger partial charge in [-0.15, -0.1) is 6.42 Å². The molecule has 1 amide bonds. The molecule has 0 N–H and O–H groups in total. The van der Waals surface area contributed by atoms with Gasteiger partial charge < -0.3 is 0 Å². The normalized spacial score (nSPS) is 12.4. The highest BCUT2D eigenvalue weighted by Gasteiger charge is 2.27. The molecule has 0 aliphatic rings. The van der Waals surface area contributed by atoms with Crippen LogP contribution in [0.4, 0.5) is 18.2 Å². The van der Waals surface area contributed by atoms with Crippen LogP contribution in [-0.2, 0) is 4.79 Å². The Morgan fingerprint density at radius 1 is 1.43 bits per heavy atom. The molecular weight excluding hydrogens is 407 g/mol. The van der Waals surface area contributed by atoms with Crippen LogP contribution in [0.3, 0.4) is 0 Å². The van der Waals surface area contributed by atoms with E-state index in [9.17, 15) is 18.0 Å². The van der Waals surface area contributed by atoms with Crippen molar-refractivity contribution >= 4 is 34.0 Å². The van der Waals surface area contributed by atoms with Crippen molar-refractivity contribution in [3.05, 3.63) is 30.2 Å². The molecule has 0 saturated carbocycles. The van der Waals surface area contributed by atoms with Crippen LogP contribution in [0.25, 0.3) is 10.6 Å². The number of nitrogens with zero attached hydrogens (tertiary/aromatic N) is 3. The van der Waals surface area contributed by atoms with Crippen LogP contribution in [-0.4, -0.2) is 39.6 Å². The number of terminal acetylenes is 1. The van der Waals surface area contributed by atoms with Gasteiger partial charge in [0.1, 0.15) is 10.0 Å². The maximum atomic E-state index is 12.8. The number of amides is 1. The molecule has 0 aliphatic carbocycles. The molecule has 1 unspecified atom stereocenters. The Kier molecular flexibility index (Phi) is 7.89. The molecule has 0 fully saturated rings. The van der Waals surface area contributed by atoms with Gasteiger partial charge in [-0.3, -0.25) is 14.7 Å². The predicted octanol–water partition coefficient (Wildman–Crippen LogP) is 4.94. The third-order valence-corrected chi connectivity index (χ3v) is 5.98. The summed E-state index contributed by atoms with van der Waals surface area (Å²) >= 11 is 2.45. The van der Waals surface area contributed by atoms with Gasteiger partial charge in [-0.1, -0.05) is 17.3 Å². The van der Waals surface area contributed by atoms with Crippen LogP contribution in [0.1, 0.15) is 25.5 Å². The maximum Gasteiger partial charge on any atom is 0.389 e. The summed E-state index contributed by atoms with van der Waals surface area (Å²) in [5.74, 6) is 2.57. The number of alkyl halides is 3. The number of carbonyl (C=O) groups is 1. The highest BCUT2D eigenvalue weighted by atomic mass is 32.2. The summed E-state index contributed by atoms with van der Waals surface area (Å²) in [4.78, 5) is 22.9. The summed E-state index contributed by atoms with van der Waals surface area (Å²) in [5, 5.41) is 1.37. The number of carbonyl (C=O) groups excluding carboxylic acids is 1. The summed E-state index contributed by atoms with van der Waals surface area (Å²) in [6, 6.07) is 3.19. The number of aryl methyl sites for hydroxylation is 1. The summed E-state index contributed by atoms with van der Waals surface area (Å²) < 4.78 is 36.6. The molecule has 4 nitrogen and oxygen atoms in total. The largest absolute Gasteiger partial charge is 0.389 e. The minimum Gasteiger partial charge on any atom is -0.288 e. The molecule has 1 atom stereocenters. The van der Waals surface area contributed by atoms with E-state index in [1.807, 2.05) is 6.07 Å². The van der Waals surface area contributed by atoms with E-state index >= 15 is 0 Å². The minimum atomic E-state index is -4.18. The molecule has 0 spiro atoms. The molecule has 28 heavy (non-hydrogen) atoms. The first-order valence-corrected chi connectivity index (χ1v) is 10.5. The average Bonchev–Trinajstić information content (AvgIpc) is 3.02. The molecule has 0 saturated heterocycles. The van der Waals surface area contributed by atoms with E-state index in [-0.39, 0.29) is 18.1 Å². The van der Waals surface area contributed by atoms with Gasteiger partial charge in [0.05, 0.1) is 18.2 Å². The zero-order valence-corrected chi connectivity index (χ0v) is 17.1. The van der Waals surface area contributed by atoms with E-state index in [4.69, 9.17) is 6.42 Å². The molecule has 9 heteroatoms. The van der Waals surface area contributed by atoms with Gasteiger partial charge in [-0.2, -0.15) is 24.9 Å². The van der Waals surface area contributed by atoms with E-state index in [0.717, 1.165) is 22.3 Å². The Hall–Kier alpha value is -2.05. The second kappa shape index (κ2) is 9.94. The Labute approximate surface area is 170 Å². The van der Waals surface area contributed by atoms with Gasteiger partial charge >= 0.3 is 6.18 Å². The number of thioether (sulfide) groups is 1. The summed E-state index contributed by atoms with van der Waals surface area (Å²) in [6.07, 6.45) is 3.96. The maximum absolute atomic E-state index is 12.8. The van der Waals surface area contributed by atoms with Gasteiger partial charge in [-0.05, 0) is 26.0 Å². The van der Waals surface area contributed by atoms with Gasteiger partial charge in [-0.25, -0.2) is 4.98 Å². The van der Waals surface area contributed by atoms with Crippen molar-refractivity contribution in [1.82, 2.24) is 9.97 Å². The lowest BCUT2D eigenvalue weighted by atomic mass is 10.2. The van der Waals surface area contributed by atoms with Crippen LogP contribution < -0.4 is 4.90 Å². The van der Waals surface area contributed by atoms with Crippen LogP contribution in [0, 0.1) is 19.3 Å². The Balaban J connectivity index is 2.10. The molecule has 150 valence electrons.